The van der Waals surface area contributed by atoms with E-state index in [4.69, 9.17) is 0 Å². The topological polar surface area (TPSA) is 17.1 Å². The molecule has 0 saturated heterocycles. The lowest BCUT2D eigenvalue weighted by Gasteiger charge is -2.11. The van der Waals surface area contributed by atoms with Crippen molar-refractivity contribution in [3.05, 3.63) is 71.5 Å². The zero-order valence-electron chi connectivity index (χ0n) is 10.2. The van der Waals surface area contributed by atoms with Crippen molar-refractivity contribution in [2.24, 2.45) is 0 Å². The maximum atomic E-state index is 12.8. The van der Waals surface area contributed by atoms with Gasteiger partial charge in [0.1, 0.15) is 5.82 Å². The lowest BCUT2D eigenvalue weighted by atomic mass is 10.2. The third kappa shape index (κ3) is 3.26. The van der Waals surface area contributed by atoms with E-state index in [1.807, 2.05) is 37.3 Å². The summed E-state index contributed by atoms with van der Waals surface area (Å²) >= 11 is 0. The first-order valence-electron chi connectivity index (χ1n) is 5.83. The van der Waals surface area contributed by atoms with Crippen molar-refractivity contribution in [3.63, 3.8) is 0 Å². The van der Waals surface area contributed by atoms with E-state index in [-0.39, 0.29) is 11.1 Å². The summed E-state index contributed by atoms with van der Waals surface area (Å²) in [6.07, 6.45) is 0. The molecular formula is C15H15FOS. The molecule has 2 aromatic rings. The molecule has 0 saturated carbocycles. The van der Waals surface area contributed by atoms with Crippen LogP contribution in [0.1, 0.15) is 23.3 Å². The van der Waals surface area contributed by atoms with Gasteiger partial charge in [0.05, 0.1) is 5.25 Å². The van der Waals surface area contributed by atoms with Gasteiger partial charge in [0.2, 0.25) is 0 Å². The van der Waals surface area contributed by atoms with E-state index in [1.165, 1.54) is 12.1 Å². The minimum Gasteiger partial charge on any atom is -0.259 e. The monoisotopic (exact) mass is 262 g/mol. The molecule has 0 amide bonds. The van der Waals surface area contributed by atoms with Crippen LogP contribution in [0.4, 0.5) is 4.39 Å². The first-order valence-corrected chi connectivity index (χ1v) is 7.21. The van der Waals surface area contributed by atoms with Crippen molar-refractivity contribution in [1.29, 1.82) is 0 Å². The van der Waals surface area contributed by atoms with E-state index in [0.29, 0.717) is 5.75 Å². The van der Waals surface area contributed by atoms with Crippen molar-refractivity contribution < 1.29 is 8.60 Å². The van der Waals surface area contributed by atoms with Gasteiger partial charge < -0.3 is 0 Å². The highest BCUT2D eigenvalue weighted by atomic mass is 32.2. The summed E-state index contributed by atoms with van der Waals surface area (Å²) in [4.78, 5) is 0. The second-order valence-corrected chi connectivity index (χ2v) is 5.96. The molecule has 0 radical (unpaired) electrons. The minimum atomic E-state index is -0.996. The molecule has 2 atom stereocenters. The zero-order valence-corrected chi connectivity index (χ0v) is 11.0. The molecule has 0 aromatic heterocycles. The molecule has 0 N–H and O–H groups in total. The minimum absolute atomic E-state index is 0.0918. The lowest BCUT2D eigenvalue weighted by molar-refractivity contribution is 0.626. The van der Waals surface area contributed by atoms with Gasteiger partial charge in [-0.15, -0.1) is 0 Å². The van der Waals surface area contributed by atoms with Crippen LogP contribution in [0.15, 0.2) is 54.6 Å². The van der Waals surface area contributed by atoms with Crippen molar-refractivity contribution in [2.45, 2.75) is 17.9 Å². The fourth-order valence-corrected chi connectivity index (χ4v) is 2.98. The van der Waals surface area contributed by atoms with E-state index in [0.717, 1.165) is 11.1 Å². The number of benzene rings is 2. The van der Waals surface area contributed by atoms with E-state index in [1.54, 1.807) is 12.1 Å². The van der Waals surface area contributed by atoms with Gasteiger partial charge in [0.15, 0.2) is 0 Å². The molecule has 0 unspecified atom stereocenters. The molecule has 1 nitrogen and oxygen atoms in total. The Morgan fingerprint density at radius 1 is 1.06 bits per heavy atom. The zero-order chi connectivity index (χ0) is 13.0. The van der Waals surface area contributed by atoms with Crippen LogP contribution in [0, 0.1) is 5.82 Å². The van der Waals surface area contributed by atoms with E-state index >= 15 is 0 Å². The number of hydrogen-bond acceptors (Lipinski definition) is 1. The summed E-state index contributed by atoms with van der Waals surface area (Å²) in [5, 5.41) is -0.0918. The van der Waals surface area contributed by atoms with Crippen LogP contribution in [0.2, 0.25) is 0 Å². The van der Waals surface area contributed by atoms with E-state index in [9.17, 15) is 8.60 Å². The molecule has 0 bridgehead atoms. The van der Waals surface area contributed by atoms with Crippen LogP contribution >= 0.6 is 0 Å². The third-order valence-corrected chi connectivity index (χ3v) is 4.56. The standard InChI is InChI=1S/C15H15FOS/c1-12(14-7-9-15(16)10-8-14)18(17)11-13-5-3-2-4-6-13/h2-10,12H,11H2,1H3/t12-,18-/m1/s1. The van der Waals surface area contributed by atoms with Crippen molar-refractivity contribution in [1.82, 2.24) is 0 Å². The van der Waals surface area contributed by atoms with Gasteiger partial charge >= 0.3 is 0 Å². The summed E-state index contributed by atoms with van der Waals surface area (Å²) in [6, 6.07) is 16.0. The molecule has 0 fully saturated rings. The van der Waals surface area contributed by atoms with E-state index in [2.05, 4.69) is 0 Å². The molecule has 0 aliphatic rings. The average Bonchev–Trinajstić information content (AvgIpc) is 2.40. The Hall–Kier alpha value is -1.48. The molecular weight excluding hydrogens is 247 g/mol. The quantitative estimate of drug-likeness (QED) is 0.818. The van der Waals surface area contributed by atoms with Gasteiger partial charge in [-0.2, -0.15) is 0 Å². The van der Waals surface area contributed by atoms with Gasteiger partial charge in [-0.1, -0.05) is 42.5 Å². The SMILES string of the molecule is C[C@H](c1ccc(F)cc1)[S@](=O)Cc1ccccc1. The largest absolute Gasteiger partial charge is 0.259 e. The maximum Gasteiger partial charge on any atom is 0.123 e. The van der Waals surface area contributed by atoms with Crippen molar-refractivity contribution >= 4 is 10.8 Å². The summed E-state index contributed by atoms with van der Waals surface area (Å²) in [6.45, 7) is 1.91. The van der Waals surface area contributed by atoms with E-state index < -0.39 is 10.8 Å². The average molecular weight is 262 g/mol. The van der Waals surface area contributed by atoms with Crippen molar-refractivity contribution in [2.75, 3.05) is 0 Å². The number of rotatable bonds is 4. The molecule has 0 aliphatic heterocycles. The predicted molar refractivity (Wildman–Crippen MR) is 73.1 cm³/mol. The summed E-state index contributed by atoms with van der Waals surface area (Å²) in [7, 11) is -0.996. The number of hydrogen-bond donors (Lipinski definition) is 0. The Morgan fingerprint density at radius 3 is 2.28 bits per heavy atom. The second kappa shape index (κ2) is 5.91. The molecule has 0 aliphatic carbocycles. The Morgan fingerprint density at radius 2 is 1.67 bits per heavy atom. The first-order chi connectivity index (χ1) is 8.66. The maximum absolute atomic E-state index is 12.8. The van der Waals surface area contributed by atoms with Gasteiger partial charge in [-0.25, -0.2) is 4.39 Å². The van der Waals surface area contributed by atoms with Gasteiger partial charge in [-0.3, -0.25) is 4.21 Å². The fourth-order valence-electron chi connectivity index (χ4n) is 1.75. The molecule has 0 heterocycles. The Balaban J connectivity index is 2.07. The third-order valence-electron chi connectivity index (χ3n) is 2.89. The molecule has 2 rings (SSSR count). The Bertz CT molecular complexity index is 522. The Kier molecular flexibility index (Phi) is 4.26. The molecule has 2 aromatic carbocycles. The highest BCUT2D eigenvalue weighted by Crippen LogP contribution is 2.22. The van der Waals surface area contributed by atoms with Crippen LogP contribution in [-0.4, -0.2) is 4.21 Å². The lowest BCUT2D eigenvalue weighted by Crippen LogP contribution is -2.05. The van der Waals surface area contributed by atoms with Gasteiger partial charge in [0, 0.05) is 16.6 Å². The van der Waals surface area contributed by atoms with Crippen LogP contribution < -0.4 is 0 Å². The Labute approximate surface area is 109 Å². The van der Waals surface area contributed by atoms with Crippen LogP contribution in [0.3, 0.4) is 0 Å². The van der Waals surface area contributed by atoms with Crippen LogP contribution in [-0.2, 0) is 16.6 Å². The normalized spacial score (nSPS) is 14.1. The summed E-state index contributed by atoms with van der Waals surface area (Å²) in [5.74, 6) is 0.263. The fraction of sp³-hybridized carbons (Fsp3) is 0.200. The molecule has 18 heavy (non-hydrogen) atoms. The smallest absolute Gasteiger partial charge is 0.123 e. The highest BCUT2D eigenvalue weighted by molar-refractivity contribution is 7.84. The van der Waals surface area contributed by atoms with Gasteiger partial charge in [-0.05, 0) is 30.2 Å². The summed E-state index contributed by atoms with van der Waals surface area (Å²) in [5.41, 5.74) is 1.97. The summed E-state index contributed by atoms with van der Waals surface area (Å²) < 4.78 is 25.0. The van der Waals surface area contributed by atoms with Gasteiger partial charge in [0.25, 0.3) is 0 Å². The second-order valence-electron chi connectivity index (χ2n) is 4.20. The highest BCUT2D eigenvalue weighted by Gasteiger charge is 2.13. The number of halogens is 1. The van der Waals surface area contributed by atoms with Crippen LogP contribution in [0.5, 0.6) is 0 Å². The molecule has 0 spiro atoms. The predicted octanol–water partition coefficient (Wildman–Crippen LogP) is 3.84. The van der Waals surface area contributed by atoms with Crippen molar-refractivity contribution in [3.8, 4) is 0 Å². The van der Waals surface area contributed by atoms with Crippen LogP contribution in [0.25, 0.3) is 0 Å². The molecule has 94 valence electrons. The molecule has 3 heteroatoms. The first kappa shape index (κ1) is 13.0.